The molecule has 21 heavy (non-hydrogen) atoms. The number of rotatable bonds is 5. The van der Waals surface area contributed by atoms with E-state index in [-0.39, 0.29) is 28.1 Å². The molecule has 116 valence electrons. The highest BCUT2D eigenvalue weighted by Gasteiger charge is 2.34. The number of aliphatic hydroxyl groups excluding tert-OH is 1. The van der Waals surface area contributed by atoms with E-state index >= 15 is 0 Å². The summed E-state index contributed by atoms with van der Waals surface area (Å²) in [6, 6.07) is 3.37. The highest BCUT2D eigenvalue weighted by Crippen LogP contribution is 2.32. The van der Waals surface area contributed by atoms with Crippen molar-refractivity contribution in [1.29, 1.82) is 0 Å². The molecule has 0 amide bonds. The van der Waals surface area contributed by atoms with E-state index in [1.807, 2.05) is 0 Å². The number of nitrogens with zero attached hydrogens (tertiary/aromatic N) is 2. The maximum absolute atomic E-state index is 12.5. The van der Waals surface area contributed by atoms with E-state index in [4.69, 9.17) is 16.7 Å². The fourth-order valence-electron chi connectivity index (χ4n) is 2.38. The van der Waals surface area contributed by atoms with Crippen LogP contribution >= 0.6 is 11.6 Å². The molecule has 1 unspecified atom stereocenters. The molecule has 1 aromatic carbocycles. The molecule has 1 heterocycles. The number of non-ortho nitro benzene ring substituents is 1. The Balaban J connectivity index is 2.32. The largest absolute Gasteiger partial charge is 0.396 e. The van der Waals surface area contributed by atoms with E-state index in [0.717, 1.165) is 6.07 Å². The van der Waals surface area contributed by atoms with Gasteiger partial charge in [0.1, 0.15) is 4.90 Å². The van der Waals surface area contributed by atoms with Crippen molar-refractivity contribution < 1.29 is 18.4 Å². The molecule has 0 radical (unpaired) electrons. The van der Waals surface area contributed by atoms with Gasteiger partial charge in [0, 0.05) is 31.8 Å². The summed E-state index contributed by atoms with van der Waals surface area (Å²) in [6.45, 7) is 0.629. The summed E-state index contributed by atoms with van der Waals surface area (Å²) in [5.74, 6) is 0.0993. The molecule has 2 rings (SSSR count). The summed E-state index contributed by atoms with van der Waals surface area (Å²) >= 11 is 5.89. The van der Waals surface area contributed by atoms with E-state index in [1.54, 1.807) is 0 Å². The van der Waals surface area contributed by atoms with Crippen LogP contribution in [0.25, 0.3) is 0 Å². The summed E-state index contributed by atoms with van der Waals surface area (Å²) < 4.78 is 26.3. The van der Waals surface area contributed by atoms with Gasteiger partial charge in [-0.05, 0) is 24.8 Å². The smallest absolute Gasteiger partial charge is 0.270 e. The van der Waals surface area contributed by atoms with Crippen LogP contribution in [0.3, 0.4) is 0 Å². The average Bonchev–Trinajstić information content (AvgIpc) is 2.88. The molecule has 1 atom stereocenters. The van der Waals surface area contributed by atoms with E-state index in [9.17, 15) is 18.5 Å². The quantitative estimate of drug-likeness (QED) is 0.651. The summed E-state index contributed by atoms with van der Waals surface area (Å²) in [7, 11) is -3.86. The molecule has 0 aromatic heterocycles. The molecule has 0 aliphatic carbocycles. The minimum absolute atomic E-state index is 0.0100. The van der Waals surface area contributed by atoms with Gasteiger partial charge in [-0.15, -0.1) is 0 Å². The van der Waals surface area contributed by atoms with Gasteiger partial charge >= 0.3 is 0 Å². The number of benzene rings is 1. The molecule has 0 bridgehead atoms. The van der Waals surface area contributed by atoms with Crippen molar-refractivity contribution in [1.82, 2.24) is 4.31 Å². The lowest BCUT2D eigenvalue weighted by atomic mass is 10.1. The summed E-state index contributed by atoms with van der Waals surface area (Å²) in [4.78, 5) is 9.87. The standard InChI is InChI=1S/C12H15ClN2O5S/c13-11-2-1-10(15(17)18)7-12(11)21(19,20)14-5-3-9(8-14)4-6-16/h1-2,7,9,16H,3-6,8H2. The highest BCUT2D eigenvalue weighted by atomic mass is 35.5. The summed E-state index contributed by atoms with van der Waals surface area (Å²) in [5.41, 5.74) is -0.316. The number of halogens is 1. The van der Waals surface area contributed by atoms with Crippen LogP contribution in [0, 0.1) is 16.0 Å². The van der Waals surface area contributed by atoms with Crippen LogP contribution in [0.1, 0.15) is 12.8 Å². The second-order valence-electron chi connectivity index (χ2n) is 4.90. The van der Waals surface area contributed by atoms with Gasteiger partial charge in [-0.2, -0.15) is 4.31 Å². The molecule has 1 N–H and O–H groups in total. The van der Waals surface area contributed by atoms with E-state index in [2.05, 4.69) is 0 Å². The van der Waals surface area contributed by atoms with Gasteiger partial charge in [0.25, 0.3) is 5.69 Å². The fraction of sp³-hybridized carbons (Fsp3) is 0.500. The topological polar surface area (TPSA) is 101 Å². The predicted molar refractivity (Wildman–Crippen MR) is 76.7 cm³/mol. The highest BCUT2D eigenvalue weighted by molar-refractivity contribution is 7.89. The van der Waals surface area contributed by atoms with Gasteiger partial charge in [0.05, 0.1) is 9.95 Å². The van der Waals surface area contributed by atoms with Crippen LogP contribution in [-0.2, 0) is 10.0 Å². The molecule has 7 nitrogen and oxygen atoms in total. The molecule has 1 aliphatic heterocycles. The van der Waals surface area contributed by atoms with Crippen molar-refractivity contribution >= 4 is 27.3 Å². The third-order valence-corrected chi connectivity index (χ3v) is 5.88. The zero-order valence-electron chi connectivity index (χ0n) is 11.1. The Morgan fingerprint density at radius 2 is 2.19 bits per heavy atom. The van der Waals surface area contributed by atoms with E-state index < -0.39 is 14.9 Å². The number of hydrogen-bond donors (Lipinski definition) is 1. The van der Waals surface area contributed by atoms with Crippen molar-refractivity contribution in [2.24, 2.45) is 5.92 Å². The van der Waals surface area contributed by atoms with Gasteiger partial charge in [0.15, 0.2) is 0 Å². The van der Waals surface area contributed by atoms with Gasteiger partial charge in [-0.25, -0.2) is 8.42 Å². The van der Waals surface area contributed by atoms with Gasteiger partial charge in [-0.3, -0.25) is 10.1 Å². The Morgan fingerprint density at radius 1 is 1.48 bits per heavy atom. The van der Waals surface area contributed by atoms with Crippen molar-refractivity contribution in [3.63, 3.8) is 0 Å². The Labute approximate surface area is 127 Å². The van der Waals surface area contributed by atoms with E-state index in [1.165, 1.54) is 16.4 Å². The Hall–Kier alpha value is -1.22. The van der Waals surface area contributed by atoms with Crippen LogP contribution in [0.4, 0.5) is 5.69 Å². The van der Waals surface area contributed by atoms with Crippen molar-refractivity contribution in [3.8, 4) is 0 Å². The van der Waals surface area contributed by atoms with Gasteiger partial charge in [-0.1, -0.05) is 11.6 Å². The molecular weight excluding hydrogens is 320 g/mol. The maximum atomic E-state index is 12.5. The first-order valence-electron chi connectivity index (χ1n) is 6.41. The summed E-state index contributed by atoms with van der Waals surface area (Å²) in [6.07, 6.45) is 1.20. The molecular formula is C12H15ClN2O5S. The molecule has 0 saturated carbocycles. The molecule has 1 saturated heterocycles. The first-order chi connectivity index (χ1) is 9.86. The normalized spacial score (nSPS) is 19.8. The minimum Gasteiger partial charge on any atom is -0.396 e. The number of hydrogen-bond acceptors (Lipinski definition) is 5. The second kappa shape index (κ2) is 6.27. The second-order valence-corrected chi connectivity index (χ2v) is 7.22. The lowest BCUT2D eigenvalue weighted by Crippen LogP contribution is -2.29. The summed E-state index contributed by atoms with van der Waals surface area (Å²) in [5, 5.41) is 19.7. The van der Waals surface area contributed by atoms with Crippen molar-refractivity contribution in [2.75, 3.05) is 19.7 Å². The number of nitro benzene ring substituents is 1. The Kier molecular flexibility index (Phi) is 4.82. The minimum atomic E-state index is -3.86. The first-order valence-corrected chi connectivity index (χ1v) is 8.23. The van der Waals surface area contributed by atoms with Gasteiger partial charge in [0.2, 0.25) is 10.0 Å². The van der Waals surface area contributed by atoms with Crippen LogP contribution in [0.5, 0.6) is 0 Å². The van der Waals surface area contributed by atoms with Crippen LogP contribution in [0.15, 0.2) is 23.1 Å². The number of sulfonamides is 1. The molecule has 1 aliphatic rings. The van der Waals surface area contributed by atoms with Crippen molar-refractivity contribution in [3.05, 3.63) is 33.3 Å². The molecule has 0 spiro atoms. The number of aliphatic hydroxyl groups is 1. The SMILES string of the molecule is O=[N+]([O-])c1ccc(Cl)c(S(=O)(=O)N2CCC(CCO)C2)c1. The van der Waals surface area contributed by atoms with E-state index in [0.29, 0.717) is 25.9 Å². The molecule has 9 heteroatoms. The van der Waals surface area contributed by atoms with Crippen LogP contribution in [-0.4, -0.2) is 42.4 Å². The third kappa shape index (κ3) is 3.34. The van der Waals surface area contributed by atoms with Crippen LogP contribution in [0.2, 0.25) is 5.02 Å². The molecule has 1 aromatic rings. The maximum Gasteiger partial charge on any atom is 0.270 e. The monoisotopic (exact) mass is 334 g/mol. The predicted octanol–water partition coefficient (Wildman–Crippen LogP) is 1.64. The third-order valence-electron chi connectivity index (χ3n) is 3.53. The number of nitro groups is 1. The Morgan fingerprint density at radius 3 is 2.81 bits per heavy atom. The lowest BCUT2D eigenvalue weighted by Gasteiger charge is -2.17. The lowest BCUT2D eigenvalue weighted by molar-refractivity contribution is -0.385. The van der Waals surface area contributed by atoms with Crippen LogP contribution < -0.4 is 0 Å². The van der Waals surface area contributed by atoms with Crippen molar-refractivity contribution in [2.45, 2.75) is 17.7 Å². The average molecular weight is 335 g/mol. The molecule has 1 fully saturated rings. The fourth-order valence-corrected chi connectivity index (χ4v) is 4.40. The van der Waals surface area contributed by atoms with Gasteiger partial charge < -0.3 is 5.11 Å². The zero-order chi connectivity index (χ0) is 15.6. The first kappa shape index (κ1) is 16.2. The zero-order valence-corrected chi connectivity index (χ0v) is 12.7. The Bertz CT molecular complexity index is 649.